The van der Waals surface area contributed by atoms with Crippen molar-refractivity contribution in [1.29, 1.82) is 0 Å². The number of methoxy groups -OCH3 is 1. The fourth-order valence-electron chi connectivity index (χ4n) is 2.38. The molecule has 0 aromatic heterocycles. The van der Waals surface area contributed by atoms with Gasteiger partial charge < -0.3 is 29.2 Å². The lowest BCUT2D eigenvalue weighted by atomic mass is 10.0. The first-order chi connectivity index (χ1) is 7.98. The van der Waals surface area contributed by atoms with Crippen molar-refractivity contribution in [1.82, 2.24) is 0 Å². The summed E-state index contributed by atoms with van der Waals surface area (Å²) >= 11 is 0. The Kier molecular flexibility index (Phi) is 3.72. The average molecular weight is 248 g/mol. The van der Waals surface area contributed by atoms with Gasteiger partial charge in [0.2, 0.25) is 0 Å². The number of hydrogen-bond acceptors (Lipinski definition) is 6. The number of aliphatic hydroxyl groups excluding tert-OH is 2. The first-order valence-corrected chi connectivity index (χ1v) is 5.81. The van der Waals surface area contributed by atoms with Crippen LogP contribution < -0.4 is 0 Å². The third kappa shape index (κ3) is 2.47. The van der Waals surface area contributed by atoms with E-state index in [1.54, 1.807) is 21.0 Å². The monoisotopic (exact) mass is 248 g/mol. The SMILES string of the molecule is CO[C@@H]1[C@H]2OC(C)(C)O[C@H]2O[C@@H]1[C@@H](O)CCO. The molecule has 2 saturated heterocycles. The first-order valence-electron chi connectivity index (χ1n) is 5.81. The molecule has 0 aromatic rings. The Morgan fingerprint density at radius 2 is 2.06 bits per heavy atom. The van der Waals surface area contributed by atoms with Gasteiger partial charge in [-0.3, -0.25) is 0 Å². The van der Waals surface area contributed by atoms with Crippen molar-refractivity contribution in [3.63, 3.8) is 0 Å². The van der Waals surface area contributed by atoms with Crippen LogP contribution in [0.2, 0.25) is 0 Å². The molecule has 6 heteroatoms. The van der Waals surface area contributed by atoms with Gasteiger partial charge in [0.25, 0.3) is 0 Å². The van der Waals surface area contributed by atoms with E-state index in [1.165, 1.54) is 0 Å². The van der Waals surface area contributed by atoms with Gasteiger partial charge in [-0.2, -0.15) is 0 Å². The van der Waals surface area contributed by atoms with Crippen LogP contribution in [0.1, 0.15) is 20.3 Å². The van der Waals surface area contributed by atoms with Crippen molar-refractivity contribution in [2.75, 3.05) is 13.7 Å². The first kappa shape index (κ1) is 13.2. The van der Waals surface area contributed by atoms with Gasteiger partial charge in [0.15, 0.2) is 12.1 Å². The van der Waals surface area contributed by atoms with Gasteiger partial charge in [-0.05, 0) is 20.3 Å². The summed E-state index contributed by atoms with van der Waals surface area (Å²) in [6.07, 6.45) is -2.32. The molecule has 0 amide bonds. The Balaban J connectivity index is 2.05. The van der Waals surface area contributed by atoms with E-state index in [-0.39, 0.29) is 25.2 Å². The smallest absolute Gasteiger partial charge is 0.190 e. The van der Waals surface area contributed by atoms with Crippen LogP contribution in [0, 0.1) is 0 Å². The van der Waals surface area contributed by atoms with Crippen LogP contribution in [0.5, 0.6) is 0 Å². The maximum atomic E-state index is 9.86. The summed E-state index contributed by atoms with van der Waals surface area (Å²) in [5.74, 6) is -0.695. The molecule has 0 aliphatic carbocycles. The molecule has 2 heterocycles. The lowest BCUT2D eigenvalue weighted by Gasteiger charge is -2.27. The van der Waals surface area contributed by atoms with Crippen LogP contribution in [0.3, 0.4) is 0 Å². The maximum Gasteiger partial charge on any atom is 0.190 e. The summed E-state index contributed by atoms with van der Waals surface area (Å²) in [6.45, 7) is 3.51. The average Bonchev–Trinajstić information content (AvgIpc) is 2.69. The molecular weight excluding hydrogens is 228 g/mol. The largest absolute Gasteiger partial charge is 0.396 e. The van der Waals surface area contributed by atoms with Crippen molar-refractivity contribution in [2.24, 2.45) is 0 Å². The minimum absolute atomic E-state index is 0.0972. The zero-order chi connectivity index (χ0) is 12.6. The van der Waals surface area contributed by atoms with E-state index in [2.05, 4.69) is 0 Å². The second-order valence-corrected chi connectivity index (χ2v) is 4.85. The molecule has 2 aliphatic rings. The van der Waals surface area contributed by atoms with Gasteiger partial charge >= 0.3 is 0 Å². The minimum atomic E-state index is -0.786. The Morgan fingerprint density at radius 1 is 1.35 bits per heavy atom. The maximum absolute atomic E-state index is 9.86. The van der Waals surface area contributed by atoms with Crippen LogP contribution >= 0.6 is 0 Å². The van der Waals surface area contributed by atoms with Gasteiger partial charge in [0.1, 0.15) is 18.3 Å². The standard InChI is InChI=1S/C11H20O6/c1-11(2)16-9-8(14-3)7(6(13)4-5-12)15-10(9)17-11/h6-10,12-13H,4-5H2,1-3H3/t6-,7+,8-,9+,10+/m0/s1. The molecule has 2 aliphatic heterocycles. The van der Waals surface area contributed by atoms with E-state index in [1.807, 2.05) is 0 Å². The summed E-state index contributed by atoms with van der Waals surface area (Å²) < 4.78 is 22.2. The summed E-state index contributed by atoms with van der Waals surface area (Å²) in [7, 11) is 1.55. The highest BCUT2D eigenvalue weighted by Crippen LogP contribution is 2.39. The quantitative estimate of drug-likeness (QED) is 0.706. The van der Waals surface area contributed by atoms with Crippen molar-refractivity contribution >= 4 is 0 Å². The predicted octanol–water partition coefficient (Wildman–Crippen LogP) is -0.379. The lowest BCUT2D eigenvalue weighted by Crippen LogP contribution is -2.42. The number of aliphatic hydroxyl groups is 2. The molecular formula is C11H20O6. The van der Waals surface area contributed by atoms with Crippen molar-refractivity contribution < 1.29 is 29.2 Å². The van der Waals surface area contributed by atoms with Gasteiger partial charge in [-0.25, -0.2) is 0 Å². The molecule has 2 rings (SSSR count). The topological polar surface area (TPSA) is 77.4 Å². The molecule has 100 valence electrons. The van der Waals surface area contributed by atoms with Crippen LogP contribution in [-0.2, 0) is 18.9 Å². The third-order valence-electron chi connectivity index (χ3n) is 3.10. The number of rotatable bonds is 4. The minimum Gasteiger partial charge on any atom is -0.396 e. The third-order valence-corrected chi connectivity index (χ3v) is 3.10. The van der Waals surface area contributed by atoms with Crippen LogP contribution in [-0.4, -0.2) is 60.4 Å². The molecule has 5 atom stereocenters. The highest BCUT2D eigenvalue weighted by molar-refractivity contribution is 4.96. The number of fused-ring (bicyclic) bond motifs is 1. The normalized spacial score (nSPS) is 41.5. The molecule has 0 aromatic carbocycles. The molecule has 0 saturated carbocycles. The fraction of sp³-hybridized carbons (Fsp3) is 1.00. The highest BCUT2D eigenvalue weighted by atomic mass is 16.8. The number of ether oxygens (including phenoxy) is 4. The summed E-state index contributed by atoms with van der Waals surface area (Å²) in [6, 6.07) is 0. The summed E-state index contributed by atoms with van der Waals surface area (Å²) in [4.78, 5) is 0. The van der Waals surface area contributed by atoms with Crippen LogP contribution in [0.4, 0.5) is 0 Å². The second-order valence-electron chi connectivity index (χ2n) is 4.85. The Morgan fingerprint density at radius 3 is 2.65 bits per heavy atom. The molecule has 17 heavy (non-hydrogen) atoms. The van der Waals surface area contributed by atoms with E-state index in [4.69, 9.17) is 24.1 Å². The van der Waals surface area contributed by atoms with Gasteiger partial charge in [0.05, 0.1) is 6.10 Å². The van der Waals surface area contributed by atoms with E-state index in [0.29, 0.717) is 0 Å². The Labute approximate surface area is 100 Å². The van der Waals surface area contributed by atoms with Crippen LogP contribution in [0.15, 0.2) is 0 Å². The molecule has 0 unspecified atom stereocenters. The predicted molar refractivity (Wildman–Crippen MR) is 57.2 cm³/mol. The fourth-order valence-corrected chi connectivity index (χ4v) is 2.38. The van der Waals surface area contributed by atoms with E-state index < -0.39 is 24.3 Å². The van der Waals surface area contributed by atoms with Gasteiger partial charge in [-0.1, -0.05) is 0 Å². The number of hydrogen-bond donors (Lipinski definition) is 2. The Bertz CT molecular complexity index is 269. The molecule has 0 radical (unpaired) electrons. The van der Waals surface area contributed by atoms with Gasteiger partial charge in [-0.15, -0.1) is 0 Å². The lowest BCUT2D eigenvalue weighted by molar-refractivity contribution is -0.228. The van der Waals surface area contributed by atoms with E-state index in [0.717, 1.165) is 0 Å². The van der Waals surface area contributed by atoms with E-state index >= 15 is 0 Å². The summed E-state index contributed by atoms with van der Waals surface area (Å²) in [5.41, 5.74) is 0. The van der Waals surface area contributed by atoms with Crippen molar-refractivity contribution in [3.05, 3.63) is 0 Å². The summed E-state index contributed by atoms with van der Waals surface area (Å²) in [5, 5.41) is 18.7. The van der Waals surface area contributed by atoms with Crippen LogP contribution in [0.25, 0.3) is 0 Å². The van der Waals surface area contributed by atoms with Gasteiger partial charge in [0, 0.05) is 13.7 Å². The Hall–Kier alpha value is -0.240. The molecule has 0 bridgehead atoms. The van der Waals surface area contributed by atoms with Crippen molar-refractivity contribution in [3.8, 4) is 0 Å². The molecule has 0 spiro atoms. The zero-order valence-electron chi connectivity index (χ0n) is 10.3. The molecule has 2 fully saturated rings. The van der Waals surface area contributed by atoms with E-state index in [9.17, 15) is 5.11 Å². The zero-order valence-corrected chi connectivity index (χ0v) is 10.3. The van der Waals surface area contributed by atoms with Crippen molar-refractivity contribution in [2.45, 2.75) is 56.8 Å². The second kappa shape index (κ2) is 4.79. The highest BCUT2D eigenvalue weighted by Gasteiger charge is 2.56. The molecule has 6 nitrogen and oxygen atoms in total. The molecule has 2 N–H and O–H groups in total.